The second-order valence-electron chi connectivity index (χ2n) is 6.99. The van der Waals surface area contributed by atoms with E-state index in [1.807, 2.05) is 0 Å². The Morgan fingerprint density at radius 2 is 2.16 bits per heavy atom. The third kappa shape index (κ3) is 7.65. The number of H-pyrrole nitrogens is 1. The summed E-state index contributed by atoms with van der Waals surface area (Å²) in [5.74, 6) is 0.130. The zero-order valence-electron chi connectivity index (χ0n) is 14.4. The predicted molar refractivity (Wildman–Crippen MR) is 99.7 cm³/mol. The van der Waals surface area contributed by atoms with Gasteiger partial charge in [0.05, 0.1) is 0 Å². The van der Waals surface area contributed by atoms with E-state index in [1.54, 1.807) is 12.5 Å². The van der Waals surface area contributed by atoms with Crippen molar-refractivity contribution in [2.45, 2.75) is 49.3 Å². The van der Waals surface area contributed by atoms with E-state index in [0.29, 0.717) is 12.3 Å². The van der Waals surface area contributed by atoms with Crippen LogP contribution in [0.2, 0.25) is 4.71 Å². The standard InChI is InChI=1S/C16H29AsN3O4P/c17-15(6-13-7-18-11-20-13)16(22)19-8-14(21)10-25(23,24)9-12-4-2-1-3-5-12/h7,11-12,14-15,21H,1-6,8-10,17H2,(H,18,20)(H,19,22)(H,23,24). The molecular weight excluding hydrogens is 404 g/mol. The quantitative estimate of drug-likeness (QED) is 0.338. The molecule has 1 saturated carbocycles. The Morgan fingerprint density at radius 3 is 2.80 bits per heavy atom. The van der Waals surface area contributed by atoms with Crippen LogP contribution >= 0.6 is 7.37 Å². The van der Waals surface area contributed by atoms with Gasteiger partial charge in [-0.05, 0) is 0 Å². The van der Waals surface area contributed by atoms with Crippen LogP contribution in [0.4, 0.5) is 0 Å². The first kappa shape index (κ1) is 20.7. The second-order valence-corrected chi connectivity index (χ2v) is 11.1. The molecule has 1 amide bonds. The number of carbonyl (C=O) groups excluding carboxylic acids is 1. The van der Waals surface area contributed by atoms with Gasteiger partial charge in [-0.3, -0.25) is 0 Å². The molecule has 0 radical (unpaired) electrons. The number of carbonyl (C=O) groups is 1. The topological polar surface area (TPSA) is 115 Å². The van der Waals surface area contributed by atoms with Gasteiger partial charge >= 0.3 is 157 Å². The molecule has 1 aliphatic carbocycles. The van der Waals surface area contributed by atoms with Crippen molar-refractivity contribution in [3.63, 3.8) is 0 Å². The van der Waals surface area contributed by atoms with Gasteiger partial charge in [-0.15, -0.1) is 0 Å². The molecule has 9 heteroatoms. The van der Waals surface area contributed by atoms with Crippen molar-refractivity contribution in [1.82, 2.24) is 15.3 Å². The molecule has 7 nitrogen and oxygen atoms in total. The molecule has 0 spiro atoms. The van der Waals surface area contributed by atoms with Crippen LogP contribution in [-0.2, 0) is 15.8 Å². The van der Waals surface area contributed by atoms with Crippen LogP contribution in [0.3, 0.4) is 0 Å². The molecule has 0 saturated heterocycles. The molecule has 25 heavy (non-hydrogen) atoms. The van der Waals surface area contributed by atoms with E-state index in [-0.39, 0.29) is 29.5 Å². The van der Waals surface area contributed by atoms with Gasteiger partial charge in [0.2, 0.25) is 0 Å². The number of hydrogen-bond acceptors (Lipinski definition) is 4. The minimum atomic E-state index is -3.36. The van der Waals surface area contributed by atoms with Gasteiger partial charge < -0.3 is 0 Å². The van der Waals surface area contributed by atoms with Crippen molar-refractivity contribution in [1.29, 1.82) is 0 Å². The fourth-order valence-corrected chi connectivity index (χ4v) is 6.17. The van der Waals surface area contributed by atoms with Gasteiger partial charge in [0.15, 0.2) is 0 Å². The summed E-state index contributed by atoms with van der Waals surface area (Å²) < 4.78 is 12.1. The fraction of sp³-hybridized carbons (Fsp3) is 0.750. The number of hydrogen-bond donors (Lipinski definition) is 4. The normalized spacial score (nSPS) is 20.6. The van der Waals surface area contributed by atoms with E-state index in [0.717, 1.165) is 31.4 Å². The number of imidazole rings is 1. The third-order valence-electron chi connectivity index (χ3n) is 4.60. The number of aliphatic hydroxyl groups is 1. The number of aromatic nitrogens is 2. The number of aromatic amines is 1. The maximum absolute atomic E-state index is 12.4. The zero-order valence-corrected chi connectivity index (χ0v) is 17.8. The molecule has 0 aliphatic heterocycles. The molecule has 1 aromatic rings. The Kier molecular flexibility index (Phi) is 8.21. The summed E-state index contributed by atoms with van der Waals surface area (Å²) in [6.45, 7) is 0.00896. The molecule has 0 bridgehead atoms. The molecule has 0 aromatic carbocycles. The van der Waals surface area contributed by atoms with Crippen molar-refractivity contribution in [2.75, 3.05) is 18.9 Å². The van der Waals surface area contributed by atoms with Crippen LogP contribution in [0.5, 0.6) is 0 Å². The van der Waals surface area contributed by atoms with Gasteiger partial charge in [-0.1, -0.05) is 0 Å². The first-order chi connectivity index (χ1) is 11.9. The van der Waals surface area contributed by atoms with Crippen molar-refractivity contribution >= 4 is 30.1 Å². The van der Waals surface area contributed by atoms with Crippen molar-refractivity contribution in [3.05, 3.63) is 18.2 Å². The molecule has 1 aliphatic rings. The number of nitrogens with zero attached hydrogens (tertiary/aromatic N) is 1. The Balaban J connectivity index is 1.70. The van der Waals surface area contributed by atoms with Gasteiger partial charge in [-0.2, -0.15) is 0 Å². The van der Waals surface area contributed by atoms with Crippen molar-refractivity contribution in [3.8, 4) is 0 Å². The van der Waals surface area contributed by atoms with Crippen LogP contribution in [0, 0.1) is 5.92 Å². The molecule has 4 unspecified atom stereocenters. The molecule has 1 heterocycles. The van der Waals surface area contributed by atoms with E-state index in [1.165, 1.54) is 23.3 Å². The Morgan fingerprint density at radius 1 is 1.44 bits per heavy atom. The number of amides is 1. The average molecular weight is 433 g/mol. The summed E-state index contributed by atoms with van der Waals surface area (Å²) in [6, 6.07) is 0. The summed E-state index contributed by atoms with van der Waals surface area (Å²) in [7, 11) is -3.36. The van der Waals surface area contributed by atoms with Gasteiger partial charge in [-0.25, -0.2) is 0 Å². The summed E-state index contributed by atoms with van der Waals surface area (Å²) in [4.78, 5) is 29.2. The number of nitrogens with one attached hydrogen (secondary N) is 2. The average Bonchev–Trinajstić information content (AvgIpc) is 3.05. The van der Waals surface area contributed by atoms with Gasteiger partial charge in [0.1, 0.15) is 0 Å². The van der Waals surface area contributed by atoms with E-state index in [2.05, 4.69) is 15.3 Å². The second kappa shape index (κ2) is 9.91. The first-order valence-electron chi connectivity index (χ1n) is 8.85. The molecule has 2 rings (SSSR count). The molecule has 1 aromatic heterocycles. The summed E-state index contributed by atoms with van der Waals surface area (Å²) in [5, 5.41) is 12.7. The molecule has 4 N–H and O–H groups in total. The molecule has 1 fully saturated rings. The van der Waals surface area contributed by atoms with Crippen LogP contribution in [-0.4, -0.2) is 67.7 Å². The molecule has 142 valence electrons. The van der Waals surface area contributed by atoms with Crippen LogP contribution < -0.4 is 5.32 Å². The monoisotopic (exact) mass is 433 g/mol. The first-order valence-corrected chi connectivity index (χ1v) is 12.3. The van der Waals surface area contributed by atoms with Gasteiger partial charge in [0.25, 0.3) is 0 Å². The SMILES string of the molecule is O=C(NCC(O)CP(=O)(O)CC1CCCCC1)C([AsH2])Cc1c[nH]cn1. The van der Waals surface area contributed by atoms with Crippen molar-refractivity contribution in [2.24, 2.45) is 5.92 Å². The number of aliphatic hydroxyl groups excluding tert-OH is 1. The van der Waals surface area contributed by atoms with Gasteiger partial charge in [0, 0.05) is 0 Å². The number of rotatable bonds is 9. The van der Waals surface area contributed by atoms with E-state index >= 15 is 0 Å². The maximum atomic E-state index is 12.4. The molecule has 4 atom stereocenters. The summed E-state index contributed by atoms with van der Waals surface area (Å²) in [6.07, 6.45) is 8.47. The minimum absolute atomic E-state index is 0.00896. The fourth-order valence-electron chi connectivity index (χ4n) is 3.31. The summed E-state index contributed by atoms with van der Waals surface area (Å²) in [5.41, 5.74) is 0.817. The Labute approximate surface area is 157 Å². The van der Waals surface area contributed by atoms with Crippen LogP contribution in [0.25, 0.3) is 0 Å². The van der Waals surface area contributed by atoms with E-state index in [9.17, 15) is 19.4 Å². The Bertz CT molecular complexity index is 578. The van der Waals surface area contributed by atoms with E-state index in [4.69, 9.17) is 0 Å². The van der Waals surface area contributed by atoms with E-state index < -0.39 is 13.5 Å². The summed E-state index contributed by atoms with van der Waals surface area (Å²) >= 11 is 1.29. The third-order valence-corrected chi connectivity index (χ3v) is 7.81. The van der Waals surface area contributed by atoms with Crippen LogP contribution in [0.15, 0.2) is 12.5 Å². The predicted octanol–water partition coefficient (Wildman–Crippen LogP) is 0.702. The van der Waals surface area contributed by atoms with Crippen molar-refractivity contribution < 1.29 is 19.4 Å². The zero-order chi connectivity index (χ0) is 18.3. The Hall–Kier alpha value is -0.612. The van der Waals surface area contributed by atoms with Crippen LogP contribution in [0.1, 0.15) is 37.8 Å². The molecular formula is C16H29AsN3O4P.